The third-order valence-corrected chi connectivity index (χ3v) is 3.37. The molecule has 0 spiro atoms. The van der Waals surface area contributed by atoms with Crippen LogP contribution in [0.3, 0.4) is 0 Å². The number of thiazole rings is 1. The first-order valence-electron chi connectivity index (χ1n) is 5.13. The molecular formula is C10H19N3OS. The Morgan fingerprint density at radius 3 is 2.80 bits per heavy atom. The number of hydrogen-bond acceptors (Lipinski definition) is 5. The summed E-state index contributed by atoms with van der Waals surface area (Å²) in [5.41, 5.74) is 0. The minimum atomic E-state index is 0.190. The maximum Gasteiger partial charge on any atom is 0.185 e. The predicted octanol–water partition coefficient (Wildman–Crippen LogP) is 1.07. The Kier molecular flexibility index (Phi) is 5.01. The summed E-state index contributed by atoms with van der Waals surface area (Å²) >= 11 is 1.67. The van der Waals surface area contributed by atoms with Crippen molar-refractivity contribution in [3.05, 3.63) is 11.1 Å². The van der Waals surface area contributed by atoms with Crippen molar-refractivity contribution in [2.24, 2.45) is 0 Å². The molecule has 5 heteroatoms. The summed E-state index contributed by atoms with van der Waals surface area (Å²) in [5.74, 6) is 0. The van der Waals surface area contributed by atoms with E-state index in [1.807, 2.05) is 25.2 Å². The lowest BCUT2D eigenvalue weighted by Gasteiger charge is -2.12. The summed E-state index contributed by atoms with van der Waals surface area (Å²) in [5, 5.41) is 13.3. The standard InChI is InChI=1S/C10H19N3OS/c1-4-8(7-14)11-5-9-6-12-10(15-9)13(2)3/h6,8,11,14H,4-5,7H2,1-3H3. The van der Waals surface area contributed by atoms with Crippen LogP contribution in [0.15, 0.2) is 6.20 Å². The number of anilines is 1. The van der Waals surface area contributed by atoms with Crippen LogP contribution < -0.4 is 10.2 Å². The molecule has 15 heavy (non-hydrogen) atoms. The smallest absolute Gasteiger partial charge is 0.185 e. The zero-order chi connectivity index (χ0) is 11.3. The molecule has 1 atom stereocenters. The normalized spacial score (nSPS) is 12.8. The lowest BCUT2D eigenvalue weighted by molar-refractivity contribution is 0.238. The molecule has 0 saturated heterocycles. The van der Waals surface area contributed by atoms with E-state index in [2.05, 4.69) is 17.2 Å². The van der Waals surface area contributed by atoms with E-state index in [9.17, 15) is 0 Å². The van der Waals surface area contributed by atoms with Crippen molar-refractivity contribution < 1.29 is 5.11 Å². The van der Waals surface area contributed by atoms with Crippen molar-refractivity contribution in [1.82, 2.24) is 10.3 Å². The van der Waals surface area contributed by atoms with Gasteiger partial charge in [0.2, 0.25) is 0 Å². The molecule has 1 heterocycles. The van der Waals surface area contributed by atoms with Crippen molar-refractivity contribution in [3.8, 4) is 0 Å². The minimum absolute atomic E-state index is 0.190. The fraction of sp³-hybridized carbons (Fsp3) is 0.700. The molecular weight excluding hydrogens is 210 g/mol. The monoisotopic (exact) mass is 229 g/mol. The van der Waals surface area contributed by atoms with Gasteiger partial charge in [-0.25, -0.2) is 4.98 Å². The van der Waals surface area contributed by atoms with Gasteiger partial charge in [-0.05, 0) is 6.42 Å². The highest BCUT2D eigenvalue weighted by Gasteiger charge is 2.06. The van der Waals surface area contributed by atoms with Crippen LogP contribution in [-0.2, 0) is 6.54 Å². The maximum absolute atomic E-state index is 9.01. The van der Waals surface area contributed by atoms with Crippen LogP contribution >= 0.6 is 11.3 Å². The van der Waals surface area contributed by atoms with Crippen LogP contribution in [0.2, 0.25) is 0 Å². The van der Waals surface area contributed by atoms with Crippen molar-refractivity contribution >= 4 is 16.5 Å². The molecule has 0 amide bonds. The van der Waals surface area contributed by atoms with Crippen LogP contribution in [0.1, 0.15) is 18.2 Å². The fourth-order valence-corrected chi connectivity index (χ4v) is 1.95. The lowest BCUT2D eigenvalue weighted by Crippen LogP contribution is -2.30. The van der Waals surface area contributed by atoms with Gasteiger partial charge in [-0.15, -0.1) is 11.3 Å². The number of nitrogens with zero attached hydrogens (tertiary/aromatic N) is 2. The largest absolute Gasteiger partial charge is 0.395 e. The highest BCUT2D eigenvalue weighted by Crippen LogP contribution is 2.20. The van der Waals surface area contributed by atoms with Gasteiger partial charge >= 0.3 is 0 Å². The van der Waals surface area contributed by atoms with Crippen LogP contribution in [0.5, 0.6) is 0 Å². The molecule has 0 aliphatic heterocycles. The van der Waals surface area contributed by atoms with Crippen LogP contribution in [-0.4, -0.2) is 36.8 Å². The van der Waals surface area contributed by atoms with Crippen LogP contribution in [0.25, 0.3) is 0 Å². The molecule has 1 rings (SSSR count). The Morgan fingerprint density at radius 2 is 2.33 bits per heavy atom. The second-order valence-electron chi connectivity index (χ2n) is 3.67. The average Bonchev–Trinajstić information content (AvgIpc) is 2.68. The molecule has 0 bridgehead atoms. The van der Waals surface area contributed by atoms with E-state index < -0.39 is 0 Å². The average molecular weight is 229 g/mol. The maximum atomic E-state index is 9.01. The molecule has 0 aromatic carbocycles. The van der Waals surface area contributed by atoms with E-state index in [0.717, 1.165) is 18.1 Å². The van der Waals surface area contributed by atoms with Crippen LogP contribution in [0, 0.1) is 0 Å². The summed E-state index contributed by atoms with van der Waals surface area (Å²) in [6, 6.07) is 0.190. The van der Waals surface area contributed by atoms with Gasteiger partial charge in [0.05, 0.1) is 6.61 Å². The third kappa shape index (κ3) is 3.77. The molecule has 1 aromatic rings. The molecule has 0 saturated carbocycles. The SMILES string of the molecule is CCC(CO)NCc1cnc(N(C)C)s1. The Balaban J connectivity index is 2.43. The molecule has 86 valence electrons. The Labute approximate surface area is 94.9 Å². The van der Waals surface area contributed by atoms with E-state index in [1.165, 1.54) is 4.88 Å². The molecule has 1 aromatic heterocycles. The highest BCUT2D eigenvalue weighted by molar-refractivity contribution is 7.15. The number of aliphatic hydroxyl groups excluding tert-OH is 1. The van der Waals surface area contributed by atoms with Gasteiger partial charge in [-0.3, -0.25) is 0 Å². The number of aliphatic hydroxyl groups is 1. The van der Waals surface area contributed by atoms with Gasteiger partial charge in [0.1, 0.15) is 0 Å². The Bertz CT molecular complexity index is 284. The quantitative estimate of drug-likeness (QED) is 0.766. The van der Waals surface area contributed by atoms with Gasteiger partial charge in [0.25, 0.3) is 0 Å². The predicted molar refractivity (Wildman–Crippen MR) is 64.4 cm³/mol. The summed E-state index contributed by atoms with van der Waals surface area (Å²) in [7, 11) is 3.97. The van der Waals surface area contributed by atoms with Gasteiger partial charge < -0.3 is 15.3 Å². The van der Waals surface area contributed by atoms with Crippen LogP contribution in [0.4, 0.5) is 5.13 Å². The number of nitrogens with one attached hydrogen (secondary N) is 1. The fourth-order valence-electron chi connectivity index (χ4n) is 1.17. The first-order valence-corrected chi connectivity index (χ1v) is 5.95. The van der Waals surface area contributed by atoms with Gasteiger partial charge in [0.15, 0.2) is 5.13 Å². The molecule has 1 unspecified atom stereocenters. The van der Waals surface area contributed by atoms with Crippen molar-refractivity contribution in [2.75, 3.05) is 25.6 Å². The summed E-state index contributed by atoms with van der Waals surface area (Å²) in [6.45, 7) is 3.03. The second-order valence-corrected chi connectivity index (χ2v) is 4.77. The summed E-state index contributed by atoms with van der Waals surface area (Å²) in [4.78, 5) is 7.48. The molecule has 0 radical (unpaired) electrons. The Morgan fingerprint density at radius 1 is 1.60 bits per heavy atom. The summed E-state index contributed by atoms with van der Waals surface area (Å²) in [6.07, 6.45) is 2.83. The number of aromatic nitrogens is 1. The van der Waals surface area contributed by atoms with E-state index >= 15 is 0 Å². The van der Waals surface area contributed by atoms with E-state index in [1.54, 1.807) is 11.3 Å². The van der Waals surface area contributed by atoms with E-state index in [4.69, 9.17) is 5.11 Å². The topological polar surface area (TPSA) is 48.4 Å². The Hall–Kier alpha value is -0.650. The highest BCUT2D eigenvalue weighted by atomic mass is 32.1. The van der Waals surface area contributed by atoms with Gasteiger partial charge in [-0.2, -0.15) is 0 Å². The zero-order valence-corrected chi connectivity index (χ0v) is 10.3. The molecule has 0 fully saturated rings. The van der Waals surface area contributed by atoms with E-state index in [-0.39, 0.29) is 12.6 Å². The molecule has 0 aliphatic carbocycles. The first-order chi connectivity index (χ1) is 7.17. The second kappa shape index (κ2) is 6.05. The number of hydrogen-bond donors (Lipinski definition) is 2. The molecule has 0 aliphatic rings. The molecule has 2 N–H and O–H groups in total. The third-order valence-electron chi connectivity index (χ3n) is 2.20. The van der Waals surface area contributed by atoms with E-state index in [0.29, 0.717) is 0 Å². The first kappa shape index (κ1) is 12.4. The van der Waals surface area contributed by atoms with Crippen molar-refractivity contribution in [2.45, 2.75) is 25.9 Å². The van der Waals surface area contributed by atoms with Crippen molar-refractivity contribution in [3.63, 3.8) is 0 Å². The van der Waals surface area contributed by atoms with Gasteiger partial charge in [-0.1, -0.05) is 6.92 Å². The number of rotatable bonds is 6. The lowest BCUT2D eigenvalue weighted by atomic mass is 10.2. The van der Waals surface area contributed by atoms with Crippen molar-refractivity contribution in [1.29, 1.82) is 0 Å². The van der Waals surface area contributed by atoms with Gasteiger partial charge in [0, 0.05) is 37.8 Å². The minimum Gasteiger partial charge on any atom is -0.395 e. The zero-order valence-electron chi connectivity index (χ0n) is 9.53. The molecule has 4 nitrogen and oxygen atoms in total. The summed E-state index contributed by atoms with van der Waals surface area (Å²) < 4.78 is 0.